The second-order valence-corrected chi connectivity index (χ2v) is 6.55. The summed E-state index contributed by atoms with van der Waals surface area (Å²) in [6.45, 7) is 2.21. The Kier molecular flexibility index (Phi) is 7.53. The van der Waals surface area contributed by atoms with E-state index in [1.54, 1.807) is 23.9 Å². The van der Waals surface area contributed by atoms with E-state index in [0.717, 1.165) is 11.3 Å². The molecule has 0 radical (unpaired) electrons. The van der Waals surface area contributed by atoms with Gasteiger partial charge in [-0.15, -0.1) is 11.8 Å². The number of nitrogens with one attached hydrogen (secondary N) is 1. The van der Waals surface area contributed by atoms with Crippen molar-refractivity contribution in [1.82, 2.24) is 5.32 Å². The summed E-state index contributed by atoms with van der Waals surface area (Å²) in [7, 11) is 1.49. The van der Waals surface area contributed by atoms with Crippen LogP contribution < -0.4 is 10.1 Å². The largest absolute Gasteiger partial charge is 0.496 e. The highest BCUT2D eigenvalue weighted by molar-refractivity contribution is 7.98. The number of esters is 1. The third kappa shape index (κ3) is 5.52. The lowest BCUT2D eigenvalue weighted by Gasteiger charge is -2.10. The molecule has 0 aliphatic rings. The molecule has 0 saturated carbocycles. The van der Waals surface area contributed by atoms with Crippen LogP contribution in [0.2, 0.25) is 0 Å². The first-order chi connectivity index (χ1) is 12.5. The summed E-state index contributed by atoms with van der Waals surface area (Å²) in [5, 5.41) is 2.76. The van der Waals surface area contributed by atoms with Crippen LogP contribution in [0.1, 0.15) is 21.5 Å². The zero-order chi connectivity index (χ0) is 18.9. The van der Waals surface area contributed by atoms with E-state index < -0.39 is 5.97 Å². The molecule has 0 bridgehead atoms. The smallest absolute Gasteiger partial charge is 0.342 e. The molecule has 0 aliphatic carbocycles. The quantitative estimate of drug-likeness (QED) is 0.568. The Morgan fingerprint density at radius 3 is 2.62 bits per heavy atom. The van der Waals surface area contributed by atoms with Crippen molar-refractivity contribution in [1.29, 1.82) is 0 Å². The van der Waals surface area contributed by atoms with Crippen LogP contribution in [0.3, 0.4) is 0 Å². The third-order valence-electron chi connectivity index (χ3n) is 3.94. The van der Waals surface area contributed by atoms with Gasteiger partial charge in [0.05, 0.1) is 7.11 Å². The molecule has 1 amide bonds. The summed E-state index contributed by atoms with van der Waals surface area (Å²) in [5.74, 6) is -0.475. The highest BCUT2D eigenvalue weighted by Crippen LogP contribution is 2.25. The second kappa shape index (κ2) is 9.87. The fourth-order valence-corrected chi connectivity index (χ4v) is 2.88. The van der Waals surface area contributed by atoms with E-state index in [2.05, 4.69) is 5.32 Å². The summed E-state index contributed by atoms with van der Waals surface area (Å²) in [6, 6.07) is 13.2. The number of thioether (sulfide) groups is 1. The number of carbonyl (C=O) groups is 2. The van der Waals surface area contributed by atoms with Crippen LogP contribution >= 0.6 is 11.8 Å². The predicted molar refractivity (Wildman–Crippen MR) is 103 cm³/mol. The van der Waals surface area contributed by atoms with Gasteiger partial charge in [0.15, 0.2) is 6.61 Å². The summed E-state index contributed by atoms with van der Waals surface area (Å²) >= 11 is 1.55. The van der Waals surface area contributed by atoms with Crippen molar-refractivity contribution in [2.24, 2.45) is 0 Å². The number of aryl methyl sites for hydroxylation is 1. The van der Waals surface area contributed by atoms with Gasteiger partial charge in [-0.05, 0) is 48.9 Å². The van der Waals surface area contributed by atoms with Crippen LogP contribution in [0, 0.1) is 6.92 Å². The number of rotatable bonds is 8. The zero-order valence-corrected chi connectivity index (χ0v) is 16.0. The number of hydrogen-bond acceptors (Lipinski definition) is 5. The first kappa shape index (κ1) is 19.8. The van der Waals surface area contributed by atoms with Crippen molar-refractivity contribution < 1.29 is 19.1 Å². The molecule has 5 nitrogen and oxygen atoms in total. The van der Waals surface area contributed by atoms with Gasteiger partial charge >= 0.3 is 5.97 Å². The number of amides is 1. The lowest BCUT2D eigenvalue weighted by molar-refractivity contribution is -0.124. The SMILES string of the molecule is COc1cc(SC)ccc1C(=O)OCC(=O)NCCc1ccccc1C. The van der Waals surface area contributed by atoms with Gasteiger partial charge in [0.2, 0.25) is 0 Å². The van der Waals surface area contributed by atoms with Crippen molar-refractivity contribution in [3.63, 3.8) is 0 Å². The summed E-state index contributed by atoms with van der Waals surface area (Å²) in [5.41, 5.74) is 2.68. The van der Waals surface area contributed by atoms with Crippen molar-refractivity contribution in [2.45, 2.75) is 18.2 Å². The summed E-state index contributed by atoms with van der Waals surface area (Å²) in [6.07, 6.45) is 2.67. The van der Waals surface area contributed by atoms with Crippen LogP contribution in [0.4, 0.5) is 0 Å². The maximum absolute atomic E-state index is 12.2. The zero-order valence-electron chi connectivity index (χ0n) is 15.2. The third-order valence-corrected chi connectivity index (χ3v) is 4.67. The Balaban J connectivity index is 1.81. The van der Waals surface area contributed by atoms with Gasteiger partial charge in [-0.1, -0.05) is 24.3 Å². The Morgan fingerprint density at radius 2 is 1.92 bits per heavy atom. The van der Waals surface area contributed by atoms with Gasteiger partial charge in [-0.25, -0.2) is 4.79 Å². The molecular weight excluding hydrogens is 350 g/mol. The average molecular weight is 373 g/mol. The van der Waals surface area contributed by atoms with E-state index >= 15 is 0 Å². The Labute approximate surface area is 158 Å². The molecule has 0 spiro atoms. The van der Waals surface area contributed by atoms with Crippen LogP contribution in [-0.4, -0.2) is 38.4 Å². The molecule has 0 unspecified atom stereocenters. The highest BCUT2D eigenvalue weighted by Gasteiger charge is 2.15. The van der Waals surface area contributed by atoms with Gasteiger partial charge in [-0.2, -0.15) is 0 Å². The number of benzene rings is 2. The maximum Gasteiger partial charge on any atom is 0.342 e. The van der Waals surface area contributed by atoms with E-state index in [-0.39, 0.29) is 12.5 Å². The van der Waals surface area contributed by atoms with E-state index in [0.29, 0.717) is 17.9 Å². The highest BCUT2D eigenvalue weighted by atomic mass is 32.2. The minimum absolute atomic E-state index is 0.304. The summed E-state index contributed by atoms with van der Waals surface area (Å²) in [4.78, 5) is 25.0. The average Bonchev–Trinajstić information content (AvgIpc) is 2.67. The minimum atomic E-state index is -0.580. The maximum atomic E-state index is 12.2. The first-order valence-electron chi connectivity index (χ1n) is 8.25. The lowest BCUT2D eigenvalue weighted by atomic mass is 10.1. The van der Waals surface area contributed by atoms with Crippen LogP contribution in [-0.2, 0) is 16.0 Å². The molecule has 2 aromatic carbocycles. The van der Waals surface area contributed by atoms with Gasteiger partial charge in [0, 0.05) is 11.4 Å². The molecule has 138 valence electrons. The first-order valence-corrected chi connectivity index (χ1v) is 9.48. The molecule has 0 aliphatic heterocycles. The van der Waals surface area contributed by atoms with Crippen molar-refractivity contribution >= 4 is 23.6 Å². The number of carbonyl (C=O) groups excluding carboxylic acids is 2. The monoisotopic (exact) mass is 373 g/mol. The standard InChI is InChI=1S/C20H23NO4S/c1-14-6-4-5-7-15(14)10-11-21-19(22)13-25-20(23)17-9-8-16(26-3)12-18(17)24-2/h4-9,12H,10-11,13H2,1-3H3,(H,21,22). The van der Waals surface area contributed by atoms with E-state index in [1.165, 1.54) is 18.2 Å². The molecule has 6 heteroatoms. The van der Waals surface area contributed by atoms with Crippen molar-refractivity contribution in [2.75, 3.05) is 26.5 Å². The lowest BCUT2D eigenvalue weighted by Crippen LogP contribution is -2.30. The van der Waals surface area contributed by atoms with Crippen LogP contribution in [0.25, 0.3) is 0 Å². The molecule has 2 aromatic rings. The summed E-state index contributed by atoms with van der Waals surface area (Å²) < 4.78 is 10.3. The Morgan fingerprint density at radius 1 is 1.15 bits per heavy atom. The molecular formula is C20H23NO4S. The van der Waals surface area contributed by atoms with E-state index in [9.17, 15) is 9.59 Å². The van der Waals surface area contributed by atoms with E-state index in [4.69, 9.17) is 9.47 Å². The molecule has 0 fully saturated rings. The number of hydrogen-bond donors (Lipinski definition) is 1. The Hall–Kier alpha value is -2.47. The second-order valence-electron chi connectivity index (χ2n) is 5.67. The van der Waals surface area contributed by atoms with Gasteiger partial charge in [0.1, 0.15) is 11.3 Å². The fourth-order valence-electron chi connectivity index (χ4n) is 2.45. The van der Waals surface area contributed by atoms with Crippen molar-refractivity contribution in [3.8, 4) is 5.75 Å². The van der Waals surface area contributed by atoms with Crippen molar-refractivity contribution in [3.05, 3.63) is 59.2 Å². The van der Waals surface area contributed by atoms with Gasteiger partial charge < -0.3 is 14.8 Å². The molecule has 2 rings (SSSR count). The number of ether oxygens (including phenoxy) is 2. The normalized spacial score (nSPS) is 10.3. The topological polar surface area (TPSA) is 64.6 Å². The minimum Gasteiger partial charge on any atom is -0.496 e. The van der Waals surface area contributed by atoms with Crippen LogP contribution in [0.15, 0.2) is 47.4 Å². The molecule has 0 heterocycles. The fraction of sp³-hybridized carbons (Fsp3) is 0.300. The number of methoxy groups -OCH3 is 1. The molecule has 0 atom stereocenters. The van der Waals surface area contributed by atoms with Gasteiger partial charge in [0.25, 0.3) is 5.91 Å². The molecule has 1 N–H and O–H groups in total. The van der Waals surface area contributed by atoms with Gasteiger partial charge in [-0.3, -0.25) is 4.79 Å². The van der Waals surface area contributed by atoms with Crippen LogP contribution in [0.5, 0.6) is 5.75 Å². The molecule has 0 aromatic heterocycles. The molecule has 26 heavy (non-hydrogen) atoms. The predicted octanol–water partition coefficient (Wildman–Crippen LogP) is 3.24. The van der Waals surface area contributed by atoms with E-state index in [1.807, 2.05) is 43.5 Å². The Bertz CT molecular complexity index is 776. The molecule has 0 saturated heterocycles.